The molecule has 0 amide bonds. The van der Waals surface area contributed by atoms with Crippen LogP contribution in [0.5, 0.6) is 11.5 Å². The van der Waals surface area contributed by atoms with Gasteiger partial charge < -0.3 is 9.47 Å². The van der Waals surface area contributed by atoms with Gasteiger partial charge >= 0.3 is 0 Å². The van der Waals surface area contributed by atoms with Crippen LogP contribution in [0.2, 0.25) is 5.02 Å². The molecule has 11 heteroatoms. The zero-order chi connectivity index (χ0) is 15.2. The van der Waals surface area contributed by atoms with Crippen molar-refractivity contribution in [2.45, 2.75) is 5.03 Å². The van der Waals surface area contributed by atoms with Crippen molar-refractivity contribution in [3.8, 4) is 11.5 Å². The molecule has 21 heavy (non-hydrogen) atoms. The first-order valence-corrected chi connectivity index (χ1v) is 8.21. The third-order valence-electron chi connectivity index (χ3n) is 2.70. The summed E-state index contributed by atoms with van der Waals surface area (Å²) in [7, 11) is -2.45. The number of hydrogen-bond donors (Lipinski definition) is 1. The lowest BCUT2D eigenvalue weighted by molar-refractivity contribution is 0.174. The fourth-order valence-electron chi connectivity index (χ4n) is 1.80. The van der Waals surface area contributed by atoms with Gasteiger partial charge in [0.25, 0.3) is 10.0 Å². The Hall–Kier alpha value is -1.52. The SMILES string of the molecule is Cn1nnc(Br)c1S(=O)(=O)Nc1cc2c(cc1Cl)OCO2. The minimum atomic E-state index is -3.91. The van der Waals surface area contributed by atoms with Crippen molar-refractivity contribution in [2.24, 2.45) is 7.05 Å². The molecular formula is C10H8BrClN4O4S. The van der Waals surface area contributed by atoms with Crippen LogP contribution in [0, 0.1) is 0 Å². The quantitative estimate of drug-likeness (QED) is 0.851. The van der Waals surface area contributed by atoms with Crippen LogP contribution < -0.4 is 14.2 Å². The van der Waals surface area contributed by atoms with Gasteiger partial charge in [-0.2, -0.15) is 8.42 Å². The van der Waals surface area contributed by atoms with Crippen molar-refractivity contribution < 1.29 is 17.9 Å². The molecule has 2 heterocycles. The van der Waals surface area contributed by atoms with E-state index in [1.165, 1.54) is 19.2 Å². The predicted octanol–water partition coefficient (Wildman–Crippen LogP) is 1.76. The first-order valence-electron chi connectivity index (χ1n) is 5.55. The zero-order valence-electron chi connectivity index (χ0n) is 10.5. The Kier molecular flexibility index (Phi) is 3.46. The molecule has 0 bridgehead atoms. The maximum atomic E-state index is 12.4. The highest BCUT2D eigenvalue weighted by Gasteiger charge is 2.26. The van der Waals surface area contributed by atoms with Gasteiger partial charge in [0.05, 0.1) is 10.7 Å². The molecule has 1 aromatic heterocycles. The van der Waals surface area contributed by atoms with Crippen LogP contribution in [0.15, 0.2) is 21.8 Å². The summed E-state index contributed by atoms with van der Waals surface area (Å²) in [5, 5.41) is 7.34. The van der Waals surface area contributed by atoms with Crippen molar-refractivity contribution in [3.05, 3.63) is 21.8 Å². The fraction of sp³-hybridized carbons (Fsp3) is 0.200. The Balaban J connectivity index is 2.01. The van der Waals surface area contributed by atoms with Gasteiger partial charge in [-0.05, 0) is 15.9 Å². The molecule has 1 aliphatic rings. The van der Waals surface area contributed by atoms with Crippen molar-refractivity contribution in [1.82, 2.24) is 15.0 Å². The van der Waals surface area contributed by atoms with Gasteiger partial charge in [0.1, 0.15) is 0 Å². The Morgan fingerprint density at radius 1 is 1.38 bits per heavy atom. The molecule has 0 aliphatic carbocycles. The molecule has 8 nitrogen and oxygen atoms in total. The molecule has 0 spiro atoms. The summed E-state index contributed by atoms with van der Waals surface area (Å²) >= 11 is 9.09. The maximum Gasteiger partial charge on any atom is 0.281 e. The number of nitrogens with one attached hydrogen (secondary N) is 1. The lowest BCUT2D eigenvalue weighted by Crippen LogP contribution is -2.17. The van der Waals surface area contributed by atoms with Gasteiger partial charge in [-0.3, -0.25) is 4.72 Å². The highest BCUT2D eigenvalue weighted by molar-refractivity contribution is 9.10. The van der Waals surface area contributed by atoms with Crippen LogP contribution in [0.4, 0.5) is 5.69 Å². The molecular weight excluding hydrogens is 388 g/mol. The van der Waals surface area contributed by atoms with E-state index in [-0.39, 0.29) is 27.1 Å². The second-order valence-electron chi connectivity index (χ2n) is 4.10. The molecule has 0 saturated heterocycles. The highest BCUT2D eigenvalue weighted by Crippen LogP contribution is 2.40. The van der Waals surface area contributed by atoms with Crippen LogP contribution in [0.1, 0.15) is 0 Å². The van der Waals surface area contributed by atoms with E-state index in [1.807, 2.05) is 0 Å². The molecule has 0 saturated carbocycles. The minimum absolute atomic E-state index is 0.0685. The van der Waals surface area contributed by atoms with Crippen LogP contribution >= 0.6 is 27.5 Å². The van der Waals surface area contributed by atoms with E-state index in [0.29, 0.717) is 11.5 Å². The van der Waals surface area contributed by atoms with E-state index in [9.17, 15) is 8.42 Å². The van der Waals surface area contributed by atoms with Gasteiger partial charge in [-0.1, -0.05) is 16.8 Å². The van der Waals surface area contributed by atoms with E-state index >= 15 is 0 Å². The maximum absolute atomic E-state index is 12.4. The van der Waals surface area contributed by atoms with E-state index < -0.39 is 10.0 Å². The normalized spacial score (nSPS) is 13.5. The number of fused-ring (bicyclic) bond motifs is 1. The predicted molar refractivity (Wildman–Crippen MR) is 77.1 cm³/mol. The van der Waals surface area contributed by atoms with Crippen LogP contribution in [-0.2, 0) is 17.1 Å². The number of sulfonamides is 1. The van der Waals surface area contributed by atoms with E-state index in [2.05, 4.69) is 31.0 Å². The molecule has 3 rings (SSSR count). The Bertz CT molecular complexity index is 803. The smallest absolute Gasteiger partial charge is 0.281 e. The number of rotatable bonds is 3. The molecule has 1 aliphatic heterocycles. The summed E-state index contributed by atoms with van der Waals surface area (Å²) in [5.41, 5.74) is 0.175. The van der Waals surface area contributed by atoms with Gasteiger partial charge in [-0.15, -0.1) is 5.10 Å². The fourth-order valence-corrected chi connectivity index (χ4v) is 4.22. The molecule has 0 fully saturated rings. The number of anilines is 1. The van der Waals surface area contributed by atoms with Crippen LogP contribution in [0.3, 0.4) is 0 Å². The third-order valence-corrected chi connectivity index (χ3v) is 5.26. The molecule has 112 valence electrons. The van der Waals surface area contributed by atoms with E-state index in [4.69, 9.17) is 21.1 Å². The number of benzene rings is 1. The second-order valence-corrected chi connectivity index (χ2v) is 6.86. The zero-order valence-corrected chi connectivity index (χ0v) is 13.7. The average Bonchev–Trinajstić information content (AvgIpc) is 2.96. The van der Waals surface area contributed by atoms with Gasteiger partial charge in [0.15, 0.2) is 16.1 Å². The minimum Gasteiger partial charge on any atom is -0.454 e. The van der Waals surface area contributed by atoms with Gasteiger partial charge in [-0.25, -0.2) is 4.68 Å². The highest BCUT2D eigenvalue weighted by atomic mass is 79.9. The summed E-state index contributed by atoms with van der Waals surface area (Å²) in [6.45, 7) is 0.0685. The standard InChI is InChI=1S/C10H8BrClN4O4S/c1-16-10(9(11)13-15-16)21(17,18)14-6-3-8-7(2-5(6)12)19-4-20-8/h2-3,14H,4H2,1H3. The molecule has 1 N–H and O–H groups in total. The van der Waals surface area contributed by atoms with Gasteiger partial charge in [0, 0.05) is 19.2 Å². The number of aryl methyl sites for hydroxylation is 1. The lowest BCUT2D eigenvalue weighted by atomic mass is 10.3. The molecule has 0 unspecified atom stereocenters. The molecule has 1 aromatic carbocycles. The topological polar surface area (TPSA) is 95.3 Å². The summed E-state index contributed by atoms with van der Waals surface area (Å²) in [5.74, 6) is 0.880. The van der Waals surface area contributed by atoms with E-state index in [1.54, 1.807) is 0 Å². The lowest BCUT2D eigenvalue weighted by Gasteiger charge is -2.10. The van der Waals surface area contributed by atoms with Crippen LogP contribution in [-0.4, -0.2) is 30.2 Å². The van der Waals surface area contributed by atoms with Crippen molar-refractivity contribution in [1.29, 1.82) is 0 Å². The third kappa shape index (κ3) is 2.54. The summed E-state index contributed by atoms with van der Waals surface area (Å²) in [6.07, 6.45) is 0. The largest absolute Gasteiger partial charge is 0.454 e. The molecule has 0 radical (unpaired) electrons. The summed E-state index contributed by atoms with van der Waals surface area (Å²) in [4.78, 5) is 0. The Labute approximate surface area is 133 Å². The number of aromatic nitrogens is 3. The van der Waals surface area contributed by atoms with Crippen LogP contribution in [0.25, 0.3) is 0 Å². The van der Waals surface area contributed by atoms with Crippen molar-refractivity contribution in [2.75, 3.05) is 11.5 Å². The Morgan fingerprint density at radius 3 is 2.67 bits per heavy atom. The number of halogens is 2. The number of ether oxygens (including phenoxy) is 2. The van der Waals surface area contributed by atoms with Crippen molar-refractivity contribution in [3.63, 3.8) is 0 Å². The second kappa shape index (κ2) is 5.04. The first-order chi connectivity index (χ1) is 9.88. The molecule has 2 aromatic rings. The summed E-state index contributed by atoms with van der Waals surface area (Å²) in [6, 6.07) is 2.94. The molecule has 0 atom stereocenters. The Morgan fingerprint density at radius 2 is 2.05 bits per heavy atom. The monoisotopic (exact) mass is 394 g/mol. The number of hydrogen-bond acceptors (Lipinski definition) is 6. The first kappa shape index (κ1) is 14.4. The van der Waals surface area contributed by atoms with Gasteiger partial charge in [0.2, 0.25) is 11.8 Å². The number of nitrogens with zero attached hydrogens (tertiary/aromatic N) is 3. The average molecular weight is 396 g/mol. The van der Waals surface area contributed by atoms with Crippen molar-refractivity contribution >= 4 is 43.2 Å². The summed E-state index contributed by atoms with van der Waals surface area (Å²) < 4.78 is 38.7. The van der Waals surface area contributed by atoms with E-state index in [0.717, 1.165) is 4.68 Å².